The highest BCUT2D eigenvalue weighted by Gasteiger charge is 2.22. The fourth-order valence-corrected chi connectivity index (χ4v) is 2.46. The molecule has 1 aliphatic carbocycles. The molecule has 0 heterocycles. The lowest BCUT2D eigenvalue weighted by molar-refractivity contribution is 0.0532. The molecule has 17 heavy (non-hydrogen) atoms. The summed E-state index contributed by atoms with van der Waals surface area (Å²) in [5.74, 6) is 0. The van der Waals surface area contributed by atoms with E-state index in [1.807, 2.05) is 13.8 Å². The van der Waals surface area contributed by atoms with Crippen LogP contribution >= 0.6 is 0 Å². The monoisotopic (exact) mass is 224 g/mol. The quantitative estimate of drug-likeness (QED) is 0.699. The van der Waals surface area contributed by atoms with Gasteiger partial charge >= 0.3 is 0 Å². The molecule has 1 unspecified atom stereocenters. The standard InChI is InChI=1S/C16H16O/c1-3-16(2,17)14-9-12-6-4-5-11-7-8-13(10-14)15(11)12/h4-10,17H,3H2,1-2H3. The van der Waals surface area contributed by atoms with Crippen molar-refractivity contribution in [2.75, 3.05) is 0 Å². The number of benzene rings is 2. The van der Waals surface area contributed by atoms with Gasteiger partial charge in [-0.2, -0.15) is 0 Å². The van der Waals surface area contributed by atoms with E-state index < -0.39 is 5.60 Å². The Labute approximate surface area is 101 Å². The lowest BCUT2D eigenvalue weighted by atomic mass is 9.89. The van der Waals surface area contributed by atoms with E-state index in [1.165, 1.54) is 21.9 Å². The molecule has 0 aliphatic heterocycles. The summed E-state index contributed by atoms with van der Waals surface area (Å²) >= 11 is 0. The summed E-state index contributed by atoms with van der Waals surface area (Å²) in [7, 11) is 0. The molecule has 0 saturated heterocycles. The zero-order chi connectivity index (χ0) is 12.0. The molecule has 0 spiro atoms. The first-order valence-electron chi connectivity index (χ1n) is 6.09. The van der Waals surface area contributed by atoms with Gasteiger partial charge in [-0.1, -0.05) is 37.3 Å². The van der Waals surface area contributed by atoms with E-state index in [4.69, 9.17) is 0 Å². The Balaban J connectivity index is 2.31. The topological polar surface area (TPSA) is 20.2 Å². The molecule has 0 saturated carbocycles. The zero-order valence-corrected chi connectivity index (χ0v) is 10.2. The van der Waals surface area contributed by atoms with Crippen LogP contribution in [0.3, 0.4) is 0 Å². The highest BCUT2D eigenvalue weighted by molar-refractivity contribution is 6.05. The first-order chi connectivity index (χ1) is 8.12. The van der Waals surface area contributed by atoms with Crippen molar-refractivity contribution in [1.29, 1.82) is 0 Å². The maximum absolute atomic E-state index is 10.4. The summed E-state index contributed by atoms with van der Waals surface area (Å²) in [5, 5.41) is 12.9. The van der Waals surface area contributed by atoms with Gasteiger partial charge in [0.15, 0.2) is 0 Å². The second-order valence-corrected chi connectivity index (χ2v) is 4.97. The van der Waals surface area contributed by atoms with Crippen molar-refractivity contribution < 1.29 is 5.11 Å². The van der Waals surface area contributed by atoms with Crippen LogP contribution in [-0.2, 0) is 5.60 Å². The van der Waals surface area contributed by atoms with Crippen LogP contribution in [-0.4, -0.2) is 5.11 Å². The molecule has 0 radical (unpaired) electrons. The summed E-state index contributed by atoms with van der Waals surface area (Å²) < 4.78 is 0. The minimum Gasteiger partial charge on any atom is -0.385 e. The largest absolute Gasteiger partial charge is 0.385 e. The molecule has 2 aromatic rings. The minimum atomic E-state index is -0.739. The molecule has 3 rings (SSSR count). The van der Waals surface area contributed by atoms with Crippen molar-refractivity contribution in [1.82, 2.24) is 0 Å². The lowest BCUT2D eigenvalue weighted by Crippen LogP contribution is -2.19. The molecule has 1 aliphatic rings. The Kier molecular flexibility index (Phi) is 2.14. The van der Waals surface area contributed by atoms with Crippen LogP contribution in [0.2, 0.25) is 0 Å². The van der Waals surface area contributed by atoms with Gasteiger partial charge in [-0.15, -0.1) is 0 Å². The summed E-state index contributed by atoms with van der Waals surface area (Å²) in [5.41, 5.74) is 2.77. The van der Waals surface area contributed by atoms with Gasteiger partial charge in [0.2, 0.25) is 0 Å². The fourth-order valence-electron chi connectivity index (χ4n) is 2.46. The average Bonchev–Trinajstić information content (AvgIpc) is 2.75. The predicted molar refractivity (Wildman–Crippen MR) is 72.7 cm³/mol. The second-order valence-electron chi connectivity index (χ2n) is 4.97. The molecular formula is C16H16O. The van der Waals surface area contributed by atoms with Gasteiger partial charge in [0, 0.05) is 0 Å². The third-order valence-corrected chi connectivity index (χ3v) is 3.79. The van der Waals surface area contributed by atoms with Crippen LogP contribution in [0.1, 0.15) is 37.0 Å². The van der Waals surface area contributed by atoms with E-state index >= 15 is 0 Å². The normalized spacial score (nSPS) is 16.4. The Bertz CT molecular complexity index is 621. The first-order valence-corrected chi connectivity index (χ1v) is 6.09. The van der Waals surface area contributed by atoms with Gasteiger partial charge in [-0.25, -0.2) is 0 Å². The van der Waals surface area contributed by atoms with Crippen molar-refractivity contribution >= 4 is 22.9 Å². The van der Waals surface area contributed by atoms with Crippen molar-refractivity contribution in [3.05, 3.63) is 47.0 Å². The highest BCUT2D eigenvalue weighted by atomic mass is 16.3. The van der Waals surface area contributed by atoms with Gasteiger partial charge in [-0.3, -0.25) is 0 Å². The summed E-state index contributed by atoms with van der Waals surface area (Å²) in [6.07, 6.45) is 5.00. The maximum Gasteiger partial charge on any atom is 0.0866 e. The van der Waals surface area contributed by atoms with E-state index in [0.717, 1.165) is 12.0 Å². The van der Waals surface area contributed by atoms with Crippen LogP contribution in [0.25, 0.3) is 22.9 Å². The van der Waals surface area contributed by atoms with Crippen LogP contribution in [0.5, 0.6) is 0 Å². The Morgan fingerprint density at radius 3 is 2.65 bits per heavy atom. The Hall–Kier alpha value is -1.60. The van der Waals surface area contributed by atoms with E-state index in [2.05, 4.69) is 42.5 Å². The Morgan fingerprint density at radius 2 is 1.88 bits per heavy atom. The molecule has 0 bridgehead atoms. The minimum absolute atomic E-state index is 0.724. The van der Waals surface area contributed by atoms with Crippen molar-refractivity contribution in [3.63, 3.8) is 0 Å². The van der Waals surface area contributed by atoms with Crippen molar-refractivity contribution in [2.45, 2.75) is 25.9 Å². The molecule has 0 amide bonds. The van der Waals surface area contributed by atoms with E-state index in [-0.39, 0.29) is 0 Å². The number of rotatable bonds is 2. The molecule has 2 aromatic carbocycles. The van der Waals surface area contributed by atoms with Gasteiger partial charge in [0.05, 0.1) is 5.60 Å². The third-order valence-electron chi connectivity index (χ3n) is 3.79. The number of hydrogen-bond donors (Lipinski definition) is 1. The van der Waals surface area contributed by atoms with Gasteiger partial charge in [0.1, 0.15) is 0 Å². The molecule has 0 fully saturated rings. The SMILES string of the molecule is CCC(C)(O)c1cc2c3c(cccc3c1)C=C2. The van der Waals surface area contributed by atoms with Crippen LogP contribution in [0, 0.1) is 0 Å². The molecule has 1 N–H and O–H groups in total. The van der Waals surface area contributed by atoms with Crippen LogP contribution < -0.4 is 0 Å². The highest BCUT2D eigenvalue weighted by Crippen LogP contribution is 2.35. The molecule has 1 atom stereocenters. The van der Waals surface area contributed by atoms with Gasteiger partial charge in [-0.05, 0) is 52.9 Å². The molecule has 1 nitrogen and oxygen atoms in total. The number of hydrogen-bond acceptors (Lipinski definition) is 1. The van der Waals surface area contributed by atoms with E-state index in [0.29, 0.717) is 0 Å². The van der Waals surface area contributed by atoms with Crippen molar-refractivity contribution in [2.24, 2.45) is 0 Å². The smallest absolute Gasteiger partial charge is 0.0866 e. The van der Waals surface area contributed by atoms with E-state index in [9.17, 15) is 5.11 Å². The maximum atomic E-state index is 10.4. The number of aliphatic hydroxyl groups is 1. The summed E-state index contributed by atoms with van der Waals surface area (Å²) in [6, 6.07) is 10.5. The van der Waals surface area contributed by atoms with Gasteiger partial charge < -0.3 is 5.11 Å². The molecule has 1 heteroatoms. The third kappa shape index (κ3) is 1.50. The molecule has 0 aromatic heterocycles. The first kappa shape index (κ1) is 10.5. The van der Waals surface area contributed by atoms with E-state index in [1.54, 1.807) is 0 Å². The van der Waals surface area contributed by atoms with Crippen LogP contribution in [0.15, 0.2) is 30.3 Å². The molecule has 86 valence electrons. The van der Waals surface area contributed by atoms with Crippen LogP contribution in [0.4, 0.5) is 0 Å². The fraction of sp³-hybridized carbons (Fsp3) is 0.250. The summed E-state index contributed by atoms with van der Waals surface area (Å²) in [6.45, 7) is 3.89. The molecular weight excluding hydrogens is 208 g/mol. The second kappa shape index (κ2) is 3.44. The van der Waals surface area contributed by atoms with Crippen molar-refractivity contribution in [3.8, 4) is 0 Å². The Morgan fingerprint density at radius 1 is 1.12 bits per heavy atom. The zero-order valence-electron chi connectivity index (χ0n) is 10.2. The lowest BCUT2D eigenvalue weighted by Gasteiger charge is -2.23. The average molecular weight is 224 g/mol. The summed E-state index contributed by atoms with van der Waals surface area (Å²) in [4.78, 5) is 0. The van der Waals surface area contributed by atoms with Gasteiger partial charge in [0.25, 0.3) is 0 Å². The predicted octanol–water partition coefficient (Wildman–Crippen LogP) is 3.94.